The van der Waals surface area contributed by atoms with Gasteiger partial charge in [0.05, 0.1) is 10.6 Å². The number of hydrogen-bond donors (Lipinski definition) is 1. The van der Waals surface area contributed by atoms with Crippen LogP contribution in [0.15, 0.2) is 83.8 Å². The summed E-state index contributed by atoms with van der Waals surface area (Å²) >= 11 is 0. The molecule has 40 heavy (non-hydrogen) atoms. The first-order chi connectivity index (χ1) is 19.2. The standard InChI is InChI=1S/C31H36FN3O4S/c1-3-28(31(37)33-26-12-8-9-13-26)34(21-24-17-19-25(32)20-18-24)30(36)22-35(29-16-10-7-11-23(29)2)40(38,39)27-14-5-4-6-15-27/h4-7,10-11,14-20,26,28H,3,8-9,12-13,21-22H2,1-2H3,(H,33,37)/t28-/m1/s1. The van der Waals surface area contributed by atoms with Crippen molar-refractivity contribution in [2.45, 2.75) is 69.5 Å². The number of para-hydroxylation sites is 1. The molecule has 1 aliphatic carbocycles. The number of halogens is 1. The zero-order valence-electron chi connectivity index (χ0n) is 22.9. The van der Waals surface area contributed by atoms with E-state index in [2.05, 4.69) is 5.32 Å². The van der Waals surface area contributed by atoms with E-state index in [4.69, 9.17) is 0 Å². The summed E-state index contributed by atoms with van der Waals surface area (Å²) < 4.78 is 42.5. The minimum Gasteiger partial charge on any atom is -0.352 e. The molecule has 0 heterocycles. The maximum Gasteiger partial charge on any atom is 0.264 e. The third kappa shape index (κ3) is 6.88. The number of carbonyl (C=O) groups excluding carboxylic acids is 2. The lowest BCUT2D eigenvalue weighted by Gasteiger charge is -2.34. The Morgan fingerprint density at radius 2 is 1.57 bits per heavy atom. The summed E-state index contributed by atoms with van der Waals surface area (Å²) in [6, 6.07) is 19.9. The van der Waals surface area contributed by atoms with Crippen LogP contribution in [0, 0.1) is 12.7 Å². The molecule has 4 rings (SSSR count). The number of anilines is 1. The quantitative estimate of drug-likeness (QED) is 0.347. The van der Waals surface area contributed by atoms with Crippen molar-refractivity contribution in [2.24, 2.45) is 0 Å². The molecule has 212 valence electrons. The minimum absolute atomic E-state index is 0.0305. The van der Waals surface area contributed by atoms with Crippen LogP contribution in [0.25, 0.3) is 0 Å². The fourth-order valence-electron chi connectivity index (χ4n) is 5.15. The van der Waals surface area contributed by atoms with Crippen LogP contribution in [0.4, 0.5) is 10.1 Å². The van der Waals surface area contributed by atoms with E-state index in [-0.39, 0.29) is 23.4 Å². The van der Waals surface area contributed by atoms with Gasteiger partial charge in [-0.3, -0.25) is 13.9 Å². The number of carbonyl (C=O) groups is 2. The molecule has 0 aromatic heterocycles. The summed E-state index contributed by atoms with van der Waals surface area (Å²) in [5.41, 5.74) is 1.70. The van der Waals surface area contributed by atoms with Crippen LogP contribution in [0.3, 0.4) is 0 Å². The number of benzene rings is 3. The first-order valence-corrected chi connectivity index (χ1v) is 15.1. The Bertz CT molecular complexity index is 1410. The van der Waals surface area contributed by atoms with Crippen molar-refractivity contribution in [1.82, 2.24) is 10.2 Å². The van der Waals surface area contributed by atoms with Crippen molar-refractivity contribution < 1.29 is 22.4 Å². The highest BCUT2D eigenvalue weighted by Gasteiger charge is 2.34. The molecule has 1 fully saturated rings. The largest absolute Gasteiger partial charge is 0.352 e. The predicted octanol–water partition coefficient (Wildman–Crippen LogP) is 5.20. The van der Waals surface area contributed by atoms with Gasteiger partial charge >= 0.3 is 0 Å². The molecule has 3 aromatic rings. The van der Waals surface area contributed by atoms with Crippen molar-refractivity contribution in [3.8, 4) is 0 Å². The lowest BCUT2D eigenvalue weighted by atomic mass is 10.1. The first-order valence-electron chi connectivity index (χ1n) is 13.7. The van der Waals surface area contributed by atoms with Gasteiger partial charge in [0.25, 0.3) is 10.0 Å². The molecule has 3 aromatic carbocycles. The summed E-state index contributed by atoms with van der Waals surface area (Å²) in [5.74, 6) is -1.20. The molecule has 2 amide bonds. The number of hydrogen-bond acceptors (Lipinski definition) is 4. The first kappa shape index (κ1) is 29.3. The van der Waals surface area contributed by atoms with Crippen LogP contribution in [0.2, 0.25) is 0 Å². The number of rotatable bonds is 11. The second-order valence-corrected chi connectivity index (χ2v) is 12.0. The van der Waals surface area contributed by atoms with E-state index in [0.717, 1.165) is 30.0 Å². The summed E-state index contributed by atoms with van der Waals surface area (Å²) in [6.07, 6.45) is 4.21. The van der Waals surface area contributed by atoms with Gasteiger partial charge in [0, 0.05) is 12.6 Å². The minimum atomic E-state index is -4.12. The van der Waals surface area contributed by atoms with Crippen LogP contribution in [0.1, 0.15) is 50.2 Å². The highest BCUT2D eigenvalue weighted by atomic mass is 32.2. The van der Waals surface area contributed by atoms with Crippen molar-refractivity contribution in [3.05, 3.63) is 95.8 Å². The molecule has 0 aliphatic heterocycles. The van der Waals surface area contributed by atoms with Crippen LogP contribution >= 0.6 is 0 Å². The molecule has 0 saturated heterocycles. The Labute approximate surface area is 236 Å². The number of nitrogens with zero attached hydrogens (tertiary/aromatic N) is 2. The Hall–Kier alpha value is -3.72. The van der Waals surface area contributed by atoms with Crippen LogP contribution < -0.4 is 9.62 Å². The van der Waals surface area contributed by atoms with E-state index in [1.165, 1.54) is 29.2 Å². The monoisotopic (exact) mass is 565 g/mol. The Morgan fingerprint density at radius 3 is 2.20 bits per heavy atom. The molecule has 0 radical (unpaired) electrons. The van der Waals surface area contributed by atoms with Crippen molar-refractivity contribution in [3.63, 3.8) is 0 Å². The molecule has 0 bridgehead atoms. The molecule has 9 heteroatoms. The van der Waals surface area contributed by atoms with Gasteiger partial charge in [-0.2, -0.15) is 0 Å². The molecule has 7 nitrogen and oxygen atoms in total. The molecule has 1 N–H and O–H groups in total. The summed E-state index contributed by atoms with van der Waals surface area (Å²) in [7, 11) is -4.12. The second-order valence-electron chi connectivity index (χ2n) is 10.2. The number of aryl methyl sites for hydroxylation is 1. The van der Waals surface area contributed by atoms with Gasteiger partial charge in [0.1, 0.15) is 18.4 Å². The highest BCUT2D eigenvalue weighted by molar-refractivity contribution is 7.92. The Balaban J connectivity index is 1.71. The zero-order valence-corrected chi connectivity index (χ0v) is 23.7. The highest BCUT2D eigenvalue weighted by Crippen LogP contribution is 2.27. The third-order valence-corrected chi connectivity index (χ3v) is 9.12. The Kier molecular flexibility index (Phi) is 9.58. The van der Waals surface area contributed by atoms with Crippen molar-refractivity contribution in [1.29, 1.82) is 0 Å². The second kappa shape index (κ2) is 13.1. The van der Waals surface area contributed by atoms with E-state index in [0.29, 0.717) is 23.2 Å². The van der Waals surface area contributed by atoms with Crippen LogP contribution in [-0.2, 0) is 26.2 Å². The molecule has 1 saturated carbocycles. The average molecular weight is 566 g/mol. The molecule has 1 aliphatic rings. The van der Waals surface area contributed by atoms with Gasteiger partial charge < -0.3 is 10.2 Å². The van der Waals surface area contributed by atoms with E-state index in [9.17, 15) is 22.4 Å². The number of nitrogens with one attached hydrogen (secondary N) is 1. The van der Waals surface area contributed by atoms with Gasteiger partial charge in [-0.1, -0.05) is 68.3 Å². The normalized spacial score (nSPS) is 14.5. The molecular weight excluding hydrogens is 529 g/mol. The topological polar surface area (TPSA) is 86.8 Å². The smallest absolute Gasteiger partial charge is 0.264 e. The van der Waals surface area contributed by atoms with Gasteiger partial charge in [-0.15, -0.1) is 0 Å². The fraction of sp³-hybridized carbons (Fsp3) is 0.355. The summed E-state index contributed by atoms with van der Waals surface area (Å²) in [5, 5.41) is 3.09. The maximum atomic E-state index is 14.1. The summed E-state index contributed by atoms with van der Waals surface area (Å²) in [6.45, 7) is 3.14. The van der Waals surface area contributed by atoms with E-state index in [1.54, 1.807) is 61.5 Å². The summed E-state index contributed by atoms with van der Waals surface area (Å²) in [4.78, 5) is 29.0. The van der Waals surface area contributed by atoms with Gasteiger partial charge in [-0.05, 0) is 67.6 Å². The number of amides is 2. The maximum absolute atomic E-state index is 14.1. The van der Waals surface area contributed by atoms with E-state index in [1.807, 2.05) is 6.92 Å². The predicted molar refractivity (Wildman–Crippen MR) is 154 cm³/mol. The van der Waals surface area contributed by atoms with E-state index >= 15 is 0 Å². The van der Waals surface area contributed by atoms with Gasteiger partial charge in [-0.25, -0.2) is 12.8 Å². The SMILES string of the molecule is CC[C@H](C(=O)NC1CCCC1)N(Cc1ccc(F)cc1)C(=O)CN(c1ccccc1C)S(=O)(=O)c1ccccc1. The number of sulfonamides is 1. The molecule has 0 spiro atoms. The van der Waals surface area contributed by atoms with Gasteiger partial charge in [0.15, 0.2) is 0 Å². The zero-order chi connectivity index (χ0) is 28.7. The Morgan fingerprint density at radius 1 is 0.950 bits per heavy atom. The van der Waals surface area contributed by atoms with E-state index < -0.39 is 34.3 Å². The fourth-order valence-corrected chi connectivity index (χ4v) is 6.65. The van der Waals surface area contributed by atoms with Crippen molar-refractivity contribution >= 4 is 27.5 Å². The van der Waals surface area contributed by atoms with Crippen LogP contribution in [-0.4, -0.2) is 43.8 Å². The molecule has 0 unspecified atom stereocenters. The third-order valence-electron chi connectivity index (χ3n) is 7.35. The molecule has 1 atom stereocenters. The van der Waals surface area contributed by atoms with Gasteiger partial charge in [0.2, 0.25) is 11.8 Å². The lowest BCUT2D eigenvalue weighted by molar-refractivity contribution is -0.140. The lowest BCUT2D eigenvalue weighted by Crippen LogP contribution is -2.53. The van der Waals surface area contributed by atoms with Crippen LogP contribution in [0.5, 0.6) is 0 Å². The average Bonchev–Trinajstić information content (AvgIpc) is 3.46. The van der Waals surface area contributed by atoms with Crippen molar-refractivity contribution in [2.75, 3.05) is 10.8 Å². The molecular formula is C31H36FN3O4S.